The number of hydrogen-bond acceptors (Lipinski definition) is 3. The molecule has 0 aromatic heterocycles. The lowest BCUT2D eigenvalue weighted by molar-refractivity contribution is 0.00385. The molecule has 1 aromatic carbocycles. The van der Waals surface area contributed by atoms with E-state index in [2.05, 4.69) is 27.7 Å². The van der Waals surface area contributed by atoms with Gasteiger partial charge in [0.05, 0.1) is 0 Å². The van der Waals surface area contributed by atoms with Gasteiger partial charge in [0.1, 0.15) is 11.4 Å². The van der Waals surface area contributed by atoms with Crippen LogP contribution in [0.2, 0.25) is 0 Å². The van der Waals surface area contributed by atoms with Crippen LogP contribution in [0.4, 0.5) is 4.79 Å². The van der Waals surface area contributed by atoms with Crippen molar-refractivity contribution in [2.75, 3.05) is 0 Å². The largest absolute Gasteiger partial charge is 0.514 e. The smallest absolute Gasteiger partial charge is 0.428 e. The van der Waals surface area contributed by atoms with Gasteiger partial charge >= 0.3 is 6.16 Å². The normalized spacial score (nSPS) is 12.1. The van der Waals surface area contributed by atoms with Gasteiger partial charge < -0.3 is 9.47 Å². The van der Waals surface area contributed by atoms with Crippen LogP contribution in [0.1, 0.15) is 59.9 Å². The van der Waals surface area contributed by atoms with E-state index in [1.165, 1.54) is 5.56 Å². The van der Waals surface area contributed by atoms with Gasteiger partial charge in [-0.3, -0.25) is 0 Å². The van der Waals surface area contributed by atoms with E-state index in [4.69, 9.17) is 9.47 Å². The molecule has 0 spiro atoms. The lowest BCUT2D eigenvalue weighted by atomic mass is 9.87. The van der Waals surface area contributed by atoms with Gasteiger partial charge in [-0.2, -0.15) is 0 Å². The van der Waals surface area contributed by atoms with Gasteiger partial charge in [0, 0.05) is 0 Å². The monoisotopic (exact) mass is 278 g/mol. The first-order valence-corrected chi connectivity index (χ1v) is 7.15. The van der Waals surface area contributed by atoms with Crippen LogP contribution in [0.5, 0.6) is 5.75 Å². The Morgan fingerprint density at radius 2 is 1.60 bits per heavy atom. The Kier molecular flexibility index (Phi) is 5.21. The Balaban J connectivity index is 2.63. The molecule has 0 fully saturated rings. The van der Waals surface area contributed by atoms with Crippen LogP contribution in [0.3, 0.4) is 0 Å². The highest BCUT2D eigenvalue weighted by atomic mass is 16.7. The maximum Gasteiger partial charge on any atom is 0.514 e. The van der Waals surface area contributed by atoms with E-state index in [0.717, 1.165) is 12.8 Å². The summed E-state index contributed by atoms with van der Waals surface area (Å²) >= 11 is 0. The van der Waals surface area contributed by atoms with E-state index in [1.54, 1.807) is 12.1 Å². The SMILES string of the molecule is CCCC(C)(C)OC(=O)Oc1ccc(C(C)(C)C)cc1. The van der Waals surface area contributed by atoms with Gasteiger partial charge in [-0.1, -0.05) is 46.2 Å². The third-order valence-corrected chi connectivity index (χ3v) is 3.13. The summed E-state index contributed by atoms with van der Waals surface area (Å²) in [4.78, 5) is 11.7. The Morgan fingerprint density at radius 3 is 2.05 bits per heavy atom. The molecule has 0 N–H and O–H groups in total. The van der Waals surface area contributed by atoms with Gasteiger partial charge in [0.15, 0.2) is 0 Å². The first kappa shape index (κ1) is 16.5. The number of ether oxygens (including phenoxy) is 2. The first-order valence-electron chi connectivity index (χ1n) is 7.15. The highest BCUT2D eigenvalue weighted by Crippen LogP contribution is 2.25. The number of carbonyl (C=O) groups excluding carboxylic acids is 1. The molecule has 0 aliphatic carbocycles. The molecule has 0 saturated heterocycles. The molecule has 20 heavy (non-hydrogen) atoms. The Hall–Kier alpha value is -1.51. The van der Waals surface area contributed by atoms with Gasteiger partial charge in [0.2, 0.25) is 0 Å². The predicted molar refractivity (Wildman–Crippen MR) is 81.2 cm³/mol. The van der Waals surface area contributed by atoms with Crippen LogP contribution in [0.25, 0.3) is 0 Å². The minimum Gasteiger partial charge on any atom is -0.428 e. The van der Waals surface area contributed by atoms with E-state index >= 15 is 0 Å². The second kappa shape index (κ2) is 6.29. The van der Waals surface area contributed by atoms with Crippen LogP contribution in [0, 0.1) is 0 Å². The zero-order valence-corrected chi connectivity index (χ0v) is 13.4. The fraction of sp³-hybridized carbons (Fsp3) is 0.588. The maximum absolute atomic E-state index is 11.7. The van der Waals surface area contributed by atoms with Crippen LogP contribution in [-0.2, 0) is 10.2 Å². The van der Waals surface area contributed by atoms with Crippen molar-refractivity contribution in [3.63, 3.8) is 0 Å². The third kappa shape index (κ3) is 5.24. The Morgan fingerprint density at radius 1 is 1.05 bits per heavy atom. The van der Waals surface area contributed by atoms with Crippen LogP contribution >= 0.6 is 0 Å². The summed E-state index contributed by atoms with van der Waals surface area (Å²) in [5.74, 6) is 0.510. The molecule has 0 saturated carbocycles. The number of benzene rings is 1. The minimum absolute atomic E-state index is 0.0855. The molecule has 0 unspecified atom stereocenters. The molecule has 0 heterocycles. The minimum atomic E-state index is -0.646. The zero-order chi connectivity index (χ0) is 15.4. The van der Waals surface area contributed by atoms with Crippen molar-refractivity contribution in [2.24, 2.45) is 0 Å². The highest BCUT2D eigenvalue weighted by molar-refractivity contribution is 5.64. The summed E-state index contributed by atoms with van der Waals surface area (Å²) in [6.45, 7) is 12.3. The molecule has 0 aliphatic heterocycles. The fourth-order valence-corrected chi connectivity index (χ4v) is 2.02. The van der Waals surface area contributed by atoms with Gasteiger partial charge in [0.25, 0.3) is 0 Å². The average molecular weight is 278 g/mol. The van der Waals surface area contributed by atoms with Crippen molar-refractivity contribution >= 4 is 6.16 Å². The van der Waals surface area contributed by atoms with Crippen LogP contribution in [-0.4, -0.2) is 11.8 Å². The fourth-order valence-electron chi connectivity index (χ4n) is 2.02. The second-order valence-corrected chi connectivity index (χ2v) is 6.74. The topological polar surface area (TPSA) is 35.5 Å². The van der Waals surface area contributed by atoms with Crippen molar-refractivity contribution in [1.82, 2.24) is 0 Å². The Bertz CT molecular complexity index is 438. The summed E-state index contributed by atoms with van der Waals surface area (Å²) in [5, 5.41) is 0. The molecule has 1 aromatic rings. The highest BCUT2D eigenvalue weighted by Gasteiger charge is 2.23. The first-order chi connectivity index (χ1) is 9.14. The van der Waals surface area contributed by atoms with Gasteiger partial charge in [-0.05, 0) is 43.4 Å². The van der Waals surface area contributed by atoms with E-state index < -0.39 is 11.8 Å². The summed E-state index contributed by atoms with van der Waals surface area (Å²) in [6.07, 6.45) is 1.12. The Labute approximate surface area is 122 Å². The van der Waals surface area contributed by atoms with Gasteiger partial charge in [-0.25, -0.2) is 4.79 Å². The molecule has 0 bridgehead atoms. The van der Waals surface area contributed by atoms with Gasteiger partial charge in [-0.15, -0.1) is 0 Å². The van der Waals surface area contributed by atoms with Crippen molar-refractivity contribution in [3.8, 4) is 5.75 Å². The lowest BCUT2D eigenvalue weighted by Crippen LogP contribution is -2.29. The predicted octanol–water partition coefficient (Wildman–Crippen LogP) is 5.08. The molecule has 0 radical (unpaired) electrons. The van der Waals surface area contributed by atoms with Crippen molar-refractivity contribution in [1.29, 1.82) is 0 Å². The molecular weight excluding hydrogens is 252 g/mol. The summed E-state index contributed by atoms with van der Waals surface area (Å²) in [6, 6.07) is 7.54. The van der Waals surface area contributed by atoms with Crippen molar-refractivity contribution in [3.05, 3.63) is 29.8 Å². The van der Waals surface area contributed by atoms with E-state index in [0.29, 0.717) is 5.75 Å². The maximum atomic E-state index is 11.7. The molecule has 1 rings (SSSR count). The lowest BCUT2D eigenvalue weighted by Gasteiger charge is -2.24. The van der Waals surface area contributed by atoms with Crippen molar-refractivity contribution in [2.45, 2.75) is 65.4 Å². The molecule has 112 valence electrons. The summed E-state index contributed by atoms with van der Waals surface area (Å²) in [7, 11) is 0. The number of hydrogen-bond donors (Lipinski definition) is 0. The molecule has 0 aliphatic rings. The number of carbonyl (C=O) groups is 1. The number of rotatable bonds is 4. The van der Waals surface area contributed by atoms with E-state index in [9.17, 15) is 4.79 Å². The van der Waals surface area contributed by atoms with E-state index in [-0.39, 0.29) is 5.41 Å². The van der Waals surface area contributed by atoms with Crippen molar-refractivity contribution < 1.29 is 14.3 Å². The second-order valence-electron chi connectivity index (χ2n) is 6.74. The summed E-state index contributed by atoms with van der Waals surface area (Å²) < 4.78 is 10.5. The zero-order valence-electron chi connectivity index (χ0n) is 13.4. The van der Waals surface area contributed by atoms with Crippen LogP contribution < -0.4 is 4.74 Å². The standard InChI is InChI=1S/C17H26O3/c1-7-12-17(5,6)20-15(18)19-14-10-8-13(9-11-14)16(2,3)4/h8-11H,7,12H2,1-6H3. The quantitative estimate of drug-likeness (QED) is 0.569. The van der Waals surface area contributed by atoms with Crippen LogP contribution in [0.15, 0.2) is 24.3 Å². The third-order valence-electron chi connectivity index (χ3n) is 3.13. The van der Waals surface area contributed by atoms with E-state index in [1.807, 2.05) is 26.0 Å². The molecule has 0 atom stereocenters. The average Bonchev–Trinajstić information content (AvgIpc) is 2.27. The molecule has 3 nitrogen and oxygen atoms in total. The molecule has 3 heteroatoms. The molecule has 0 amide bonds. The molecular formula is C17H26O3. The summed E-state index contributed by atoms with van der Waals surface area (Å²) in [5.41, 5.74) is 0.795.